The first-order chi connectivity index (χ1) is 7.67. The number of aliphatic hydroxyl groups is 1. The lowest BCUT2D eigenvalue weighted by Crippen LogP contribution is -2.18. The zero-order valence-electron chi connectivity index (χ0n) is 8.95. The predicted molar refractivity (Wildman–Crippen MR) is 67.9 cm³/mol. The highest BCUT2D eigenvalue weighted by molar-refractivity contribution is 9.09. The Labute approximate surface area is 108 Å². The minimum absolute atomic E-state index is 0.200. The number of benzene rings is 1. The van der Waals surface area contributed by atoms with E-state index < -0.39 is 6.10 Å². The Kier molecular flexibility index (Phi) is 5.95. The molecule has 0 fully saturated rings. The van der Waals surface area contributed by atoms with Crippen LogP contribution in [-0.4, -0.2) is 29.8 Å². The third-order valence-corrected chi connectivity index (χ3v) is 2.80. The van der Waals surface area contributed by atoms with Crippen molar-refractivity contribution in [3.8, 4) is 11.5 Å². The van der Waals surface area contributed by atoms with E-state index in [0.717, 1.165) is 0 Å². The molecule has 5 heteroatoms. The first-order valence-corrected chi connectivity index (χ1v) is 6.46. The van der Waals surface area contributed by atoms with Crippen molar-refractivity contribution in [3.05, 3.63) is 23.2 Å². The number of hydrogen-bond donors (Lipinski definition) is 1. The number of rotatable bonds is 6. The lowest BCUT2D eigenvalue weighted by molar-refractivity contribution is 0.124. The summed E-state index contributed by atoms with van der Waals surface area (Å²) in [4.78, 5) is 0. The van der Waals surface area contributed by atoms with Crippen LogP contribution in [0.25, 0.3) is 0 Å². The van der Waals surface area contributed by atoms with Crippen LogP contribution in [-0.2, 0) is 0 Å². The van der Waals surface area contributed by atoms with E-state index in [1.165, 1.54) is 0 Å². The highest BCUT2D eigenvalue weighted by Crippen LogP contribution is 2.30. The Hall–Kier alpha value is -0.450. The summed E-state index contributed by atoms with van der Waals surface area (Å²) in [5.41, 5.74) is 0. The second-order valence-corrected chi connectivity index (χ2v) is 4.23. The van der Waals surface area contributed by atoms with Gasteiger partial charge in [0.25, 0.3) is 0 Å². The van der Waals surface area contributed by atoms with Crippen LogP contribution in [0.2, 0.25) is 5.02 Å². The van der Waals surface area contributed by atoms with Crippen LogP contribution in [0.4, 0.5) is 0 Å². The zero-order valence-corrected chi connectivity index (χ0v) is 11.3. The Morgan fingerprint density at radius 1 is 1.38 bits per heavy atom. The van der Waals surface area contributed by atoms with Gasteiger partial charge in [-0.05, 0) is 19.1 Å². The highest BCUT2D eigenvalue weighted by Gasteiger charge is 2.08. The third kappa shape index (κ3) is 4.20. The predicted octanol–water partition coefficient (Wildman–Crippen LogP) is 2.87. The van der Waals surface area contributed by atoms with Crippen LogP contribution in [0, 0.1) is 0 Å². The standard InChI is InChI=1S/C11H14BrClO3/c1-2-15-10-4-3-8(13)5-11(10)16-7-9(14)6-12/h3-5,9,14H,2,6-7H2,1H3. The van der Waals surface area contributed by atoms with Gasteiger partial charge in [0.05, 0.1) is 12.7 Å². The van der Waals surface area contributed by atoms with E-state index in [9.17, 15) is 5.11 Å². The maximum absolute atomic E-state index is 9.36. The van der Waals surface area contributed by atoms with Gasteiger partial charge < -0.3 is 14.6 Å². The molecule has 0 amide bonds. The third-order valence-electron chi connectivity index (χ3n) is 1.81. The molecule has 1 atom stereocenters. The molecule has 16 heavy (non-hydrogen) atoms. The molecule has 0 saturated heterocycles. The van der Waals surface area contributed by atoms with E-state index in [1.807, 2.05) is 6.92 Å². The normalized spacial score (nSPS) is 12.2. The monoisotopic (exact) mass is 308 g/mol. The Balaban J connectivity index is 2.71. The quantitative estimate of drug-likeness (QED) is 0.821. The van der Waals surface area contributed by atoms with Crippen molar-refractivity contribution in [2.24, 2.45) is 0 Å². The first-order valence-electron chi connectivity index (χ1n) is 4.96. The number of halogens is 2. The summed E-state index contributed by atoms with van der Waals surface area (Å²) in [6.45, 7) is 2.65. The van der Waals surface area contributed by atoms with Crippen LogP contribution in [0.15, 0.2) is 18.2 Å². The summed E-state index contributed by atoms with van der Waals surface area (Å²) in [5, 5.41) is 10.4. The molecule has 0 aliphatic carbocycles. The van der Waals surface area contributed by atoms with E-state index in [1.54, 1.807) is 18.2 Å². The van der Waals surface area contributed by atoms with Gasteiger partial charge in [0.2, 0.25) is 0 Å². The molecule has 0 bridgehead atoms. The summed E-state index contributed by atoms with van der Waals surface area (Å²) in [6, 6.07) is 5.16. The molecule has 0 radical (unpaired) electrons. The molecule has 0 aliphatic rings. The molecule has 0 aliphatic heterocycles. The lowest BCUT2D eigenvalue weighted by atomic mass is 10.3. The summed E-state index contributed by atoms with van der Waals surface area (Å²) in [6.07, 6.45) is -0.548. The van der Waals surface area contributed by atoms with Crippen molar-refractivity contribution in [2.45, 2.75) is 13.0 Å². The second kappa shape index (κ2) is 6.99. The molecule has 3 nitrogen and oxygen atoms in total. The average Bonchev–Trinajstić information content (AvgIpc) is 2.29. The number of hydrogen-bond acceptors (Lipinski definition) is 3. The fraction of sp³-hybridized carbons (Fsp3) is 0.455. The summed E-state index contributed by atoms with van der Waals surface area (Å²) < 4.78 is 10.8. The molecule has 1 N–H and O–H groups in total. The van der Waals surface area contributed by atoms with Gasteiger partial charge in [0, 0.05) is 16.4 Å². The number of ether oxygens (including phenoxy) is 2. The molecule has 1 rings (SSSR count). The topological polar surface area (TPSA) is 38.7 Å². The van der Waals surface area contributed by atoms with Crippen molar-refractivity contribution < 1.29 is 14.6 Å². The van der Waals surface area contributed by atoms with Crippen LogP contribution < -0.4 is 9.47 Å². The molecular formula is C11H14BrClO3. The van der Waals surface area contributed by atoms with Gasteiger partial charge in [-0.3, -0.25) is 0 Å². The van der Waals surface area contributed by atoms with Gasteiger partial charge in [0.1, 0.15) is 6.61 Å². The number of aliphatic hydroxyl groups excluding tert-OH is 1. The van der Waals surface area contributed by atoms with Crippen LogP contribution >= 0.6 is 27.5 Å². The average molecular weight is 310 g/mol. The Bertz CT molecular complexity index is 333. The summed E-state index contributed by atoms with van der Waals surface area (Å²) in [5.74, 6) is 1.18. The lowest BCUT2D eigenvalue weighted by Gasteiger charge is -2.13. The molecule has 90 valence electrons. The minimum Gasteiger partial charge on any atom is -0.490 e. The summed E-state index contributed by atoms with van der Waals surface area (Å²) in [7, 11) is 0. The van der Waals surface area contributed by atoms with E-state index >= 15 is 0 Å². The first kappa shape index (κ1) is 13.6. The maximum Gasteiger partial charge on any atom is 0.162 e. The molecule has 0 aromatic heterocycles. The zero-order chi connectivity index (χ0) is 12.0. The molecule has 0 spiro atoms. The Morgan fingerprint density at radius 3 is 2.75 bits per heavy atom. The van der Waals surface area contributed by atoms with Gasteiger partial charge in [-0.2, -0.15) is 0 Å². The minimum atomic E-state index is -0.548. The van der Waals surface area contributed by atoms with Crippen LogP contribution in [0.5, 0.6) is 11.5 Å². The van der Waals surface area contributed by atoms with Gasteiger partial charge in [-0.1, -0.05) is 27.5 Å². The van der Waals surface area contributed by atoms with Crippen molar-refractivity contribution in [2.75, 3.05) is 18.5 Å². The smallest absolute Gasteiger partial charge is 0.162 e. The molecule has 1 unspecified atom stereocenters. The molecule has 1 aromatic rings. The van der Waals surface area contributed by atoms with Gasteiger partial charge in [0.15, 0.2) is 11.5 Å². The van der Waals surface area contributed by atoms with Crippen molar-refractivity contribution in [1.29, 1.82) is 0 Å². The van der Waals surface area contributed by atoms with Gasteiger partial charge in [-0.15, -0.1) is 0 Å². The van der Waals surface area contributed by atoms with Crippen molar-refractivity contribution >= 4 is 27.5 Å². The van der Waals surface area contributed by atoms with Gasteiger partial charge in [-0.25, -0.2) is 0 Å². The van der Waals surface area contributed by atoms with E-state index in [-0.39, 0.29) is 6.61 Å². The van der Waals surface area contributed by atoms with E-state index in [0.29, 0.717) is 28.5 Å². The van der Waals surface area contributed by atoms with Gasteiger partial charge >= 0.3 is 0 Å². The van der Waals surface area contributed by atoms with Crippen molar-refractivity contribution in [1.82, 2.24) is 0 Å². The molecule has 0 saturated carbocycles. The number of alkyl halides is 1. The highest BCUT2D eigenvalue weighted by atomic mass is 79.9. The second-order valence-electron chi connectivity index (χ2n) is 3.14. The fourth-order valence-electron chi connectivity index (χ4n) is 1.10. The Morgan fingerprint density at radius 2 is 2.12 bits per heavy atom. The fourth-order valence-corrected chi connectivity index (χ4v) is 1.45. The molecular weight excluding hydrogens is 295 g/mol. The maximum atomic E-state index is 9.36. The SMILES string of the molecule is CCOc1ccc(Cl)cc1OCC(O)CBr. The largest absolute Gasteiger partial charge is 0.490 e. The van der Waals surface area contributed by atoms with Crippen molar-refractivity contribution in [3.63, 3.8) is 0 Å². The van der Waals surface area contributed by atoms with Crippen LogP contribution in [0.3, 0.4) is 0 Å². The van der Waals surface area contributed by atoms with Crippen LogP contribution in [0.1, 0.15) is 6.92 Å². The van der Waals surface area contributed by atoms with E-state index in [4.69, 9.17) is 21.1 Å². The molecule has 1 aromatic carbocycles. The van der Waals surface area contributed by atoms with E-state index in [2.05, 4.69) is 15.9 Å². The summed E-state index contributed by atoms with van der Waals surface area (Å²) >= 11 is 9.02. The molecule has 0 heterocycles.